The summed E-state index contributed by atoms with van der Waals surface area (Å²) >= 11 is 5.86. The molecule has 0 radical (unpaired) electrons. The van der Waals surface area contributed by atoms with Crippen LogP contribution >= 0.6 is 11.6 Å². The number of ether oxygens (including phenoxy) is 1. The third kappa shape index (κ3) is 2.96. The molecule has 0 atom stereocenters. The van der Waals surface area contributed by atoms with Crippen LogP contribution in [0.1, 0.15) is 10.4 Å². The summed E-state index contributed by atoms with van der Waals surface area (Å²) in [5.74, 6) is -0.359. The first kappa shape index (κ1) is 14.0. The first-order chi connectivity index (χ1) is 7.81. The summed E-state index contributed by atoms with van der Waals surface area (Å²) in [6.07, 6.45) is 1.01. The van der Waals surface area contributed by atoms with E-state index in [9.17, 15) is 13.2 Å². The topological polar surface area (TPSA) is 86.5 Å². The largest absolute Gasteiger partial charge is 0.494 e. The van der Waals surface area contributed by atoms with Gasteiger partial charge >= 0.3 is 0 Å². The van der Waals surface area contributed by atoms with E-state index >= 15 is 0 Å². The Labute approximate surface area is 104 Å². The van der Waals surface area contributed by atoms with Crippen molar-refractivity contribution in [2.75, 3.05) is 19.9 Å². The van der Waals surface area contributed by atoms with Gasteiger partial charge in [-0.1, -0.05) is 11.6 Å². The van der Waals surface area contributed by atoms with Crippen molar-refractivity contribution in [2.45, 2.75) is 4.90 Å². The van der Waals surface area contributed by atoms with Crippen molar-refractivity contribution in [2.24, 2.45) is 5.73 Å². The lowest BCUT2D eigenvalue weighted by atomic mass is 10.1. The van der Waals surface area contributed by atoms with Crippen LogP contribution in [0.2, 0.25) is 5.02 Å². The molecule has 0 unspecified atom stereocenters. The van der Waals surface area contributed by atoms with Crippen LogP contribution in [0.25, 0.3) is 0 Å². The van der Waals surface area contributed by atoms with Crippen molar-refractivity contribution in [1.29, 1.82) is 0 Å². The predicted molar refractivity (Wildman–Crippen MR) is 64.5 cm³/mol. The summed E-state index contributed by atoms with van der Waals surface area (Å²) in [7, 11) is -2.23. The zero-order valence-corrected chi connectivity index (χ0v) is 10.9. The molecular weight excluding hydrogens is 266 g/mol. The van der Waals surface area contributed by atoms with Crippen molar-refractivity contribution in [1.82, 2.24) is 0 Å². The van der Waals surface area contributed by atoms with Crippen LogP contribution in [0, 0.1) is 0 Å². The molecule has 0 aliphatic carbocycles. The van der Waals surface area contributed by atoms with Gasteiger partial charge in [-0.25, -0.2) is 8.42 Å². The Kier molecular flexibility index (Phi) is 4.13. The van der Waals surface area contributed by atoms with E-state index in [1.807, 2.05) is 0 Å². The number of nitrogens with two attached hydrogens (primary N) is 1. The molecule has 0 saturated heterocycles. The van der Waals surface area contributed by atoms with E-state index in [0.717, 1.165) is 6.26 Å². The molecule has 0 aliphatic rings. The molecule has 94 valence electrons. The van der Waals surface area contributed by atoms with Gasteiger partial charge in [0.15, 0.2) is 21.4 Å². The van der Waals surface area contributed by atoms with Gasteiger partial charge in [0.2, 0.25) is 0 Å². The highest BCUT2D eigenvalue weighted by Gasteiger charge is 2.20. The van der Waals surface area contributed by atoms with E-state index in [0.29, 0.717) is 0 Å². The van der Waals surface area contributed by atoms with Crippen LogP contribution in [0.3, 0.4) is 0 Å². The first-order valence-electron chi connectivity index (χ1n) is 4.62. The van der Waals surface area contributed by atoms with Crippen LogP contribution in [0.4, 0.5) is 0 Å². The number of carbonyl (C=O) groups excluding carboxylic acids is 1. The fourth-order valence-corrected chi connectivity index (χ4v) is 2.54. The summed E-state index contributed by atoms with van der Waals surface area (Å²) < 4.78 is 28.0. The molecule has 0 aromatic heterocycles. The Morgan fingerprint density at radius 1 is 1.47 bits per heavy atom. The monoisotopic (exact) mass is 277 g/mol. The number of rotatable bonds is 4. The van der Waals surface area contributed by atoms with Gasteiger partial charge in [-0.3, -0.25) is 4.79 Å². The lowest BCUT2D eigenvalue weighted by molar-refractivity contribution is 0.100. The molecule has 0 saturated carbocycles. The number of methoxy groups -OCH3 is 1. The normalized spacial score (nSPS) is 11.3. The number of hydrogen-bond donors (Lipinski definition) is 1. The van der Waals surface area contributed by atoms with Crippen LogP contribution in [-0.4, -0.2) is 34.1 Å². The molecule has 1 aromatic carbocycles. The second kappa shape index (κ2) is 5.03. The highest BCUT2D eigenvalue weighted by Crippen LogP contribution is 2.33. The molecule has 5 nitrogen and oxygen atoms in total. The summed E-state index contributed by atoms with van der Waals surface area (Å²) in [4.78, 5) is 11.3. The maximum absolute atomic E-state index is 11.5. The molecular formula is C10H12ClNO4S. The molecule has 0 spiro atoms. The molecule has 1 aromatic rings. The minimum Gasteiger partial charge on any atom is -0.494 e. The van der Waals surface area contributed by atoms with Crippen LogP contribution in [-0.2, 0) is 9.84 Å². The van der Waals surface area contributed by atoms with Gasteiger partial charge in [-0.05, 0) is 12.1 Å². The zero-order chi connectivity index (χ0) is 13.2. The van der Waals surface area contributed by atoms with E-state index in [-0.39, 0.29) is 33.6 Å². The highest BCUT2D eigenvalue weighted by molar-refractivity contribution is 7.90. The van der Waals surface area contributed by atoms with Crippen molar-refractivity contribution >= 4 is 27.2 Å². The standard InChI is InChI=1S/C10H12ClNO4S/c1-16-10-7(11)3-6(8(13)5-12)4-9(10)17(2,14)15/h3-4H,5,12H2,1-2H3. The van der Waals surface area contributed by atoms with E-state index in [2.05, 4.69) is 0 Å². The molecule has 2 N–H and O–H groups in total. The predicted octanol–water partition coefficient (Wildman–Crippen LogP) is 0.893. The van der Waals surface area contributed by atoms with Gasteiger partial charge in [-0.2, -0.15) is 0 Å². The van der Waals surface area contributed by atoms with Crippen LogP contribution in [0.15, 0.2) is 17.0 Å². The first-order valence-corrected chi connectivity index (χ1v) is 6.89. The number of ketones is 1. The molecule has 0 fully saturated rings. The minimum atomic E-state index is -3.53. The summed E-state index contributed by atoms with van der Waals surface area (Å²) in [6.45, 7) is -0.216. The SMILES string of the molecule is COc1c(Cl)cc(C(=O)CN)cc1S(C)(=O)=O. The number of hydrogen-bond acceptors (Lipinski definition) is 5. The molecule has 0 aliphatic heterocycles. The number of Topliss-reactive ketones (excluding diaryl/α,β-unsaturated/α-hetero) is 1. The molecule has 0 bridgehead atoms. The molecule has 17 heavy (non-hydrogen) atoms. The van der Waals surface area contributed by atoms with Crippen molar-refractivity contribution in [3.8, 4) is 5.75 Å². The zero-order valence-electron chi connectivity index (χ0n) is 9.36. The van der Waals surface area contributed by atoms with Crippen molar-refractivity contribution in [3.05, 3.63) is 22.7 Å². The van der Waals surface area contributed by atoms with E-state index in [4.69, 9.17) is 22.1 Å². The molecule has 1 rings (SSSR count). The Hall–Kier alpha value is -1.11. The Morgan fingerprint density at radius 3 is 2.47 bits per heavy atom. The molecule has 0 heterocycles. The second-order valence-electron chi connectivity index (χ2n) is 3.39. The summed E-state index contributed by atoms with van der Waals surface area (Å²) in [6, 6.07) is 2.56. The Morgan fingerprint density at radius 2 is 2.06 bits per heavy atom. The summed E-state index contributed by atoms with van der Waals surface area (Å²) in [5.41, 5.74) is 5.36. The number of halogens is 1. The average Bonchev–Trinajstić information content (AvgIpc) is 2.25. The molecule has 7 heteroatoms. The second-order valence-corrected chi connectivity index (χ2v) is 5.78. The maximum atomic E-state index is 11.5. The van der Waals surface area contributed by atoms with Crippen LogP contribution < -0.4 is 10.5 Å². The van der Waals surface area contributed by atoms with Gasteiger partial charge in [0.05, 0.1) is 18.7 Å². The Bertz CT molecular complexity index is 554. The number of sulfone groups is 1. The van der Waals surface area contributed by atoms with Gasteiger partial charge in [-0.15, -0.1) is 0 Å². The number of carbonyl (C=O) groups is 1. The molecule has 0 amide bonds. The highest BCUT2D eigenvalue weighted by atomic mass is 35.5. The fourth-order valence-electron chi connectivity index (χ4n) is 1.32. The summed E-state index contributed by atoms with van der Waals surface area (Å²) in [5, 5.41) is 0.0622. The maximum Gasteiger partial charge on any atom is 0.179 e. The fraction of sp³-hybridized carbons (Fsp3) is 0.300. The van der Waals surface area contributed by atoms with Gasteiger partial charge < -0.3 is 10.5 Å². The van der Waals surface area contributed by atoms with Crippen molar-refractivity contribution in [3.63, 3.8) is 0 Å². The lowest BCUT2D eigenvalue weighted by Gasteiger charge is -2.10. The minimum absolute atomic E-state index is 0.0303. The third-order valence-corrected chi connectivity index (χ3v) is 3.50. The van der Waals surface area contributed by atoms with Crippen molar-refractivity contribution < 1.29 is 17.9 Å². The quantitative estimate of drug-likeness (QED) is 0.826. The Balaban J connectivity index is 3.56. The van der Waals surface area contributed by atoms with Gasteiger partial charge in [0.25, 0.3) is 0 Å². The van der Waals surface area contributed by atoms with Crippen LogP contribution in [0.5, 0.6) is 5.75 Å². The average molecular weight is 278 g/mol. The third-order valence-electron chi connectivity index (χ3n) is 2.12. The van der Waals surface area contributed by atoms with E-state index in [1.165, 1.54) is 19.2 Å². The van der Waals surface area contributed by atoms with E-state index < -0.39 is 9.84 Å². The lowest BCUT2D eigenvalue weighted by Crippen LogP contribution is -2.14. The van der Waals surface area contributed by atoms with Gasteiger partial charge in [0.1, 0.15) is 4.90 Å². The number of benzene rings is 1. The van der Waals surface area contributed by atoms with Gasteiger partial charge in [0, 0.05) is 11.8 Å². The van der Waals surface area contributed by atoms with E-state index in [1.54, 1.807) is 0 Å². The smallest absolute Gasteiger partial charge is 0.179 e.